The second kappa shape index (κ2) is 8.86. The zero-order valence-electron chi connectivity index (χ0n) is 13.5. The minimum absolute atomic E-state index is 0.489. The number of benzene rings is 2. The van der Waals surface area contributed by atoms with Crippen LogP contribution in [0.4, 0.5) is 5.82 Å². The summed E-state index contributed by atoms with van der Waals surface area (Å²) in [7, 11) is 0. The number of hydrogen-bond acceptors (Lipinski definition) is 2. The van der Waals surface area contributed by atoms with Gasteiger partial charge in [-0.05, 0) is 57.5 Å². The molecule has 1 aromatic heterocycles. The minimum Gasteiger partial charge on any atom is -0.358 e. The minimum atomic E-state index is 0.489. The Hall–Kier alpha value is -1.60. The molecule has 0 aliphatic heterocycles. The summed E-state index contributed by atoms with van der Waals surface area (Å²) in [6, 6.07) is 15.3. The van der Waals surface area contributed by atoms with Gasteiger partial charge in [-0.15, -0.1) is 0 Å². The van der Waals surface area contributed by atoms with Gasteiger partial charge >= 0.3 is 0 Å². The maximum absolute atomic E-state index is 6.21. The predicted octanol–water partition coefficient (Wildman–Crippen LogP) is 5.49. The van der Waals surface area contributed by atoms with Gasteiger partial charge in [0.2, 0.25) is 0 Å². The fourth-order valence-electron chi connectivity index (χ4n) is 2.30. The molecule has 0 aliphatic rings. The van der Waals surface area contributed by atoms with E-state index < -0.39 is 0 Å². The highest BCUT2D eigenvalue weighted by atomic mass is 79.9. The number of nitrogens with one attached hydrogen (secondary N) is 2. The van der Waals surface area contributed by atoms with Crippen molar-refractivity contribution in [1.82, 2.24) is 15.1 Å². The van der Waals surface area contributed by atoms with E-state index in [0.29, 0.717) is 34.1 Å². The number of halogens is 3. The summed E-state index contributed by atoms with van der Waals surface area (Å²) in [5.74, 6) is 0.644. The smallest absolute Gasteiger partial charge is 0.172 e. The van der Waals surface area contributed by atoms with Crippen molar-refractivity contribution >= 4 is 62.3 Å². The van der Waals surface area contributed by atoms with Crippen molar-refractivity contribution in [3.63, 3.8) is 0 Å². The molecule has 134 valence electrons. The molecule has 3 rings (SSSR count). The lowest BCUT2D eigenvalue weighted by molar-refractivity contribution is 0.689. The van der Waals surface area contributed by atoms with E-state index in [1.807, 2.05) is 54.7 Å². The predicted molar refractivity (Wildman–Crippen MR) is 115 cm³/mol. The van der Waals surface area contributed by atoms with Crippen LogP contribution in [0.2, 0.25) is 10.0 Å². The molecule has 0 unspecified atom stereocenters. The first-order valence-corrected chi connectivity index (χ1v) is 9.72. The molecule has 26 heavy (non-hydrogen) atoms. The Kier molecular flexibility index (Phi) is 6.53. The Bertz CT molecular complexity index is 912. The van der Waals surface area contributed by atoms with E-state index in [1.54, 1.807) is 4.68 Å². The van der Waals surface area contributed by atoms with Crippen molar-refractivity contribution in [1.29, 1.82) is 0 Å². The van der Waals surface area contributed by atoms with Crippen molar-refractivity contribution in [3.05, 3.63) is 80.4 Å². The molecule has 1 heterocycles. The topological polar surface area (TPSA) is 41.9 Å². The Balaban J connectivity index is 1.59. The van der Waals surface area contributed by atoms with Crippen LogP contribution >= 0.6 is 51.3 Å². The SMILES string of the molecule is S=C(NCc1ccc(Cl)cc1)Nc1nn(Cc2ccccc2Cl)cc1Br. The molecule has 8 heteroatoms. The maximum atomic E-state index is 6.21. The fourth-order valence-corrected chi connectivity index (χ4v) is 3.21. The summed E-state index contributed by atoms with van der Waals surface area (Å²) < 4.78 is 2.62. The monoisotopic (exact) mass is 468 g/mol. The van der Waals surface area contributed by atoms with Crippen molar-refractivity contribution < 1.29 is 0 Å². The Morgan fingerprint density at radius 3 is 2.58 bits per heavy atom. The van der Waals surface area contributed by atoms with Gasteiger partial charge in [0.1, 0.15) is 0 Å². The first kappa shape index (κ1) is 19.2. The molecule has 2 aromatic carbocycles. The average Bonchev–Trinajstić information content (AvgIpc) is 2.95. The number of hydrogen-bond donors (Lipinski definition) is 2. The quantitative estimate of drug-likeness (QED) is 0.485. The Labute approximate surface area is 175 Å². The third kappa shape index (κ3) is 5.20. The summed E-state index contributed by atoms with van der Waals surface area (Å²) in [6.07, 6.45) is 1.88. The molecule has 3 aromatic rings. The second-order valence-corrected chi connectivity index (χ2v) is 7.65. The van der Waals surface area contributed by atoms with Crippen LogP contribution < -0.4 is 10.6 Å². The molecule has 2 N–H and O–H groups in total. The highest BCUT2D eigenvalue weighted by Gasteiger charge is 2.09. The third-order valence-electron chi connectivity index (χ3n) is 3.61. The zero-order chi connectivity index (χ0) is 18.5. The van der Waals surface area contributed by atoms with E-state index in [4.69, 9.17) is 35.4 Å². The van der Waals surface area contributed by atoms with Gasteiger partial charge in [0, 0.05) is 22.8 Å². The van der Waals surface area contributed by atoms with Crippen molar-refractivity contribution in [2.75, 3.05) is 5.32 Å². The summed E-state index contributed by atoms with van der Waals surface area (Å²) in [5, 5.41) is 12.7. The first-order chi connectivity index (χ1) is 12.5. The molecule has 0 saturated heterocycles. The molecule has 0 radical (unpaired) electrons. The number of rotatable bonds is 5. The van der Waals surface area contributed by atoms with Gasteiger partial charge in [0.25, 0.3) is 0 Å². The number of thiocarbonyl (C=S) groups is 1. The van der Waals surface area contributed by atoms with Gasteiger partial charge in [0.05, 0.1) is 11.0 Å². The van der Waals surface area contributed by atoms with E-state index >= 15 is 0 Å². The van der Waals surface area contributed by atoms with E-state index in [-0.39, 0.29) is 0 Å². The Morgan fingerprint density at radius 2 is 1.85 bits per heavy atom. The first-order valence-electron chi connectivity index (χ1n) is 7.77. The van der Waals surface area contributed by atoms with E-state index in [9.17, 15) is 0 Å². The van der Waals surface area contributed by atoms with Gasteiger partial charge in [-0.3, -0.25) is 4.68 Å². The lowest BCUT2D eigenvalue weighted by Crippen LogP contribution is -2.28. The number of anilines is 1. The van der Waals surface area contributed by atoms with Crippen LogP contribution in [0, 0.1) is 0 Å². The summed E-state index contributed by atoms with van der Waals surface area (Å²) in [5.41, 5.74) is 2.08. The molecule has 0 amide bonds. The highest BCUT2D eigenvalue weighted by Crippen LogP contribution is 2.22. The zero-order valence-corrected chi connectivity index (χ0v) is 17.5. The molecule has 0 saturated carbocycles. The molecule has 0 atom stereocenters. The summed E-state index contributed by atoms with van der Waals surface area (Å²) in [6.45, 7) is 1.17. The Morgan fingerprint density at radius 1 is 1.12 bits per heavy atom. The fraction of sp³-hybridized carbons (Fsp3) is 0.111. The average molecular weight is 470 g/mol. The van der Waals surface area contributed by atoms with E-state index in [0.717, 1.165) is 15.6 Å². The van der Waals surface area contributed by atoms with Crippen LogP contribution in [0.1, 0.15) is 11.1 Å². The van der Waals surface area contributed by atoms with Crippen molar-refractivity contribution in [2.24, 2.45) is 0 Å². The van der Waals surface area contributed by atoms with Crippen molar-refractivity contribution in [2.45, 2.75) is 13.1 Å². The van der Waals surface area contributed by atoms with E-state index in [1.165, 1.54) is 0 Å². The van der Waals surface area contributed by atoms with Crippen LogP contribution in [0.3, 0.4) is 0 Å². The molecular weight excluding hydrogens is 455 g/mol. The summed E-state index contributed by atoms with van der Waals surface area (Å²) in [4.78, 5) is 0. The van der Waals surface area contributed by atoms with Crippen LogP contribution in [-0.2, 0) is 13.1 Å². The lowest BCUT2D eigenvalue weighted by atomic mass is 10.2. The number of aromatic nitrogens is 2. The van der Waals surface area contributed by atoms with Gasteiger partial charge in [-0.2, -0.15) is 5.10 Å². The van der Waals surface area contributed by atoms with Crippen LogP contribution in [0.25, 0.3) is 0 Å². The summed E-state index contributed by atoms with van der Waals surface area (Å²) >= 11 is 20.9. The van der Waals surface area contributed by atoms with Gasteiger partial charge in [0.15, 0.2) is 10.9 Å². The molecular formula is C18H15BrCl2N4S. The molecule has 0 bridgehead atoms. The maximum Gasteiger partial charge on any atom is 0.172 e. The highest BCUT2D eigenvalue weighted by molar-refractivity contribution is 9.10. The normalized spacial score (nSPS) is 10.6. The third-order valence-corrected chi connectivity index (χ3v) is 5.05. The van der Waals surface area contributed by atoms with Gasteiger partial charge in [-0.1, -0.05) is 53.5 Å². The van der Waals surface area contributed by atoms with Crippen LogP contribution in [-0.4, -0.2) is 14.9 Å². The largest absolute Gasteiger partial charge is 0.358 e. The van der Waals surface area contributed by atoms with Gasteiger partial charge < -0.3 is 10.6 Å². The number of nitrogens with zero attached hydrogens (tertiary/aromatic N) is 2. The second-order valence-electron chi connectivity index (χ2n) is 5.55. The van der Waals surface area contributed by atoms with Gasteiger partial charge in [-0.25, -0.2) is 0 Å². The van der Waals surface area contributed by atoms with Crippen LogP contribution in [0.5, 0.6) is 0 Å². The van der Waals surface area contributed by atoms with Crippen LogP contribution in [0.15, 0.2) is 59.2 Å². The molecule has 0 fully saturated rings. The molecule has 4 nitrogen and oxygen atoms in total. The van der Waals surface area contributed by atoms with E-state index in [2.05, 4.69) is 31.7 Å². The van der Waals surface area contributed by atoms with Crippen molar-refractivity contribution in [3.8, 4) is 0 Å². The lowest BCUT2D eigenvalue weighted by Gasteiger charge is -2.09. The standard InChI is InChI=1S/C18H15BrCl2N4S/c19-15-11-25(10-13-3-1-2-4-16(13)21)24-17(15)23-18(26)22-9-12-5-7-14(20)8-6-12/h1-8,11H,9-10H2,(H2,22,23,24,26). The molecule has 0 aliphatic carbocycles. The molecule has 0 spiro atoms.